The Hall–Kier alpha value is -2.56. The first-order valence-corrected chi connectivity index (χ1v) is 8.06. The van der Waals surface area contributed by atoms with Gasteiger partial charge in [-0.1, -0.05) is 0 Å². The molecule has 0 unspecified atom stereocenters. The summed E-state index contributed by atoms with van der Waals surface area (Å²) in [6, 6.07) is 1.95. The zero-order valence-electron chi connectivity index (χ0n) is 13.8. The number of carbonyl (C=O) groups excluding carboxylic acids is 2. The first-order chi connectivity index (χ1) is 11.4. The van der Waals surface area contributed by atoms with Crippen LogP contribution in [0.15, 0.2) is 11.8 Å². The largest absolute Gasteiger partial charge is 0.481 e. The molecule has 8 heteroatoms. The van der Waals surface area contributed by atoms with Gasteiger partial charge in [0.1, 0.15) is 11.6 Å². The summed E-state index contributed by atoms with van der Waals surface area (Å²) in [6.07, 6.45) is 2.39. The predicted octanol–water partition coefficient (Wildman–Crippen LogP) is -0.119. The summed E-state index contributed by atoms with van der Waals surface area (Å²) in [5.41, 5.74) is 0.0556. The highest BCUT2D eigenvalue weighted by Gasteiger charge is 2.29. The van der Waals surface area contributed by atoms with Gasteiger partial charge in [-0.05, 0) is 12.8 Å². The van der Waals surface area contributed by atoms with Crippen molar-refractivity contribution >= 4 is 17.8 Å². The van der Waals surface area contributed by atoms with E-state index in [1.807, 2.05) is 11.0 Å². The number of piperidine rings is 1. The third-order valence-electron chi connectivity index (χ3n) is 4.55. The van der Waals surface area contributed by atoms with Gasteiger partial charge in [-0.2, -0.15) is 5.26 Å². The van der Waals surface area contributed by atoms with Gasteiger partial charge >= 0.3 is 5.97 Å². The van der Waals surface area contributed by atoms with E-state index in [0.717, 1.165) is 0 Å². The molecule has 0 saturated carbocycles. The number of piperazine rings is 1. The Bertz CT molecular complexity index is 579. The third-order valence-corrected chi connectivity index (χ3v) is 4.55. The maximum Gasteiger partial charge on any atom is 0.306 e. The van der Waals surface area contributed by atoms with Gasteiger partial charge in [0.05, 0.1) is 5.92 Å². The molecule has 1 N–H and O–H groups in total. The molecule has 0 aliphatic carbocycles. The van der Waals surface area contributed by atoms with Gasteiger partial charge in [0, 0.05) is 52.4 Å². The highest BCUT2D eigenvalue weighted by atomic mass is 16.4. The number of nitriles is 1. The Balaban J connectivity index is 1.94. The second kappa shape index (κ2) is 7.81. The van der Waals surface area contributed by atoms with Crippen molar-refractivity contribution in [2.24, 2.45) is 5.92 Å². The molecule has 8 nitrogen and oxygen atoms in total. The van der Waals surface area contributed by atoms with Crippen LogP contribution in [0.4, 0.5) is 0 Å². The molecule has 2 aliphatic heterocycles. The average Bonchev–Trinajstić information content (AvgIpc) is 2.59. The van der Waals surface area contributed by atoms with Crippen LogP contribution < -0.4 is 0 Å². The lowest BCUT2D eigenvalue weighted by Gasteiger charge is -2.34. The number of aliphatic carboxylic acids is 1. The normalized spacial score (nSPS) is 19.8. The van der Waals surface area contributed by atoms with Gasteiger partial charge in [-0.25, -0.2) is 0 Å². The Morgan fingerprint density at radius 3 is 2.08 bits per heavy atom. The molecule has 2 rings (SSSR count). The fourth-order valence-electron chi connectivity index (χ4n) is 2.98. The number of hydrogen-bond donors (Lipinski definition) is 1. The SMILES string of the molecule is CC(=O)N1CCN(/C=C(/C#N)C(=O)N2CCC(C(=O)O)CC2)CC1. The van der Waals surface area contributed by atoms with Gasteiger partial charge in [0.2, 0.25) is 5.91 Å². The van der Waals surface area contributed by atoms with Gasteiger partial charge in [0.15, 0.2) is 0 Å². The number of nitrogens with zero attached hydrogens (tertiary/aromatic N) is 4. The van der Waals surface area contributed by atoms with Crippen LogP contribution >= 0.6 is 0 Å². The van der Waals surface area contributed by atoms with Crippen molar-refractivity contribution in [3.8, 4) is 6.07 Å². The Labute approximate surface area is 140 Å². The number of rotatable bonds is 3. The van der Waals surface area contributed by atoms with Crippen LogP contribution in [0.3, 0.4) is 0 Å². The quantitative estimate of drug-likeness (QED) is 0.570. The third kappa shape index (κ3) is 4.25. The summed E-state index contributed by atoms with van der Waals surface area (Å²) < 4.78 is 0. The molecule has 0 aromatic rings. The van der Waals surface area contributed by atoms with Gasteiger partial charge < -0.3 is 19.8 Å². The lowest BCUT2D eigenvalue weighted by atomic mass is 9.97. The molecule has 0 radical (unpaired) electrons. The zero-order valence-corrected chi connectivity index (χ0v) is 13.8. The molecular weight excluding hydrogens is 312 g/mol. The van der Waals surface area contributed by atoms with E-state index in [0.29, 0.717) is 52.1 Å². The van der Waals surface area contributed by atoms with Crippen LogP contribution in [0.25, 0.3) is 0 Å². The fraction of sp³-hybridized carbons (Fsp3) is 0.625. The highest BCUT2D eigenvalue weighted by molar-refractivity contribution is 5.97. The lowest BCUT2D eigenvalue weighted by Crippen LogP contribution is -2.46. The topological polar surface area (TPSA) is 105 Å². The summed E-state index contributed by atoms with van der Waals surface area (Å²) in [7, 11) is 0. The van der Waals surface area contributed by atoms with Crippen LogP contribution in [-0.4, -0.2) is 76.9 Å². The van der Waals surface area contributed by atoms with E-state index in [9.17, 15) is 19.6 Å². The van der Waals surface area contributed by atoms with Crippen molar-refractivity contribution in [1.29, 1.82) is 5.26 Å². The van der Waals surface area contributed by atoms with Crippen molar-refractivity contribution in [2.45, 2.75) is 19.8 Å². The Kier molecular flexibility index (Phi) is 5.79. The molecular formula is C16H22N4O4. The zero-order chi connectivity index (χ0) is 17.7. The number of carboxylic acid groups (broad SMARTS) is 1. The van der Waals surface area contributed by atoms with Crippen LogP contribution in [0.2, 0.25) is 0 Å². The van der Waals surface area contributed by atoms with Crippen molar-refractivity contribution in [3.05, 3.63) is 11.8 Å². The smallest absolute Gasteiger partial charge is 0.306 e. The maximum absolute atomic E-state index is 12.4. The Morgan fingerprint density at radius 2 is 1.62 bits per heavy atom. The molecule has 0 atom stereocenters. The summed E-state index contributed by atoms with van der Waals surface area (Å²) in [5.74, 6) is -1.57. The van der Waals surface area contributed by atoms with Crippen molar-refractivity contribution in [3.63, 3.8) is 0 Å². The second-order valence-corrected chi connectivity index (χ2v) is 6.10. The first kappa shape index (κ1) is 17.8. The van der Waals surface area contributed by atoms with E-state index in [1.54, 1.807) is 16.0 Å². The predicted molar refractivity (Wildman–Crippen MR) is 84.5 cm³/mol. The number of carbonyl (C=O) groups is 3. The maximum atomic E-state index is 12.4. The summed E-state index contributed by atoms with van der Waals surface area (Å²) in [5, 5.41) is 18.3. The standard InChI is InChI=1S/C16H22N4O4/c1-12(21)19-8-6-18(7-9-19)11-14(10-17)15(22)20-4-2-13(3-5-20)16(23)24/h11,13H,2-9H2,1H3,(H,23,24)/b14-11-. The number of likely N-dealkylation sites (tertiary alicyclic amines) is 1. The minimum Gasteiger partial charge on any atom is -0.481 e. The number of hydrogen-bond acceptors (Lipinski definition) is 5. The minimum atomic E-state index is -0.832. The molecule has 0 spiro atoms. The molecule has 24 heavy (non-hydrogen) atoms. The molecule has 2 aliphatic rings. The van der Waals surface area contributed by atoms with Crippen molar-refractivity contribution in [1.82, 2.24) is 14.7 Å². The lowest BCUT2D eigenvalue weighted by molar-refractivity contribution is -0.145. The molecule has 2 amide bonds. The molecule has 0 aromatic heterocycles. The highest BCUT2D eigenvalue weighted by Crippen LogP contribution is 2.19. The van der Waals surface area contributed by atoms with Crippen LogP contribution in [0.1, 0.15) is 19.8 Å². The van der Waals surface area contributed by atoms with Crippen LogP contribution in [0, 0.1) is 17.2 Å². The van der Waals surface area contributed by atoms with E-state index in [-0.39, 0.29) is 17.4 Å². The fourth-order valence-corrected chi connectivity index (χ4v) is 2.98. The minimum absolute atomic E-state index is 0.0246. The summed E-state index contributed by atoms with van der Waals surface area (Å²) in [6.45, 7) is 4.54. The number of amides is 2. The molecule has 2 heterocycles. The van der Waals surface area contributed by atoms with Crippen molar-refractivity contribution in [2.75, 3.05) is 39.3 Å². The van der Waals surface area contributed by atoms with Gasteiger partial charge in [-0.3, -0.25) is 14.4 Å². The monoisotopic (exact) mass is 334 g/mol. The molecule has 2 fully saturated rings. The first-order valence-electron chi connectivity index (χ1n) is 8.06. The van der Waals surface area contributed by atoms with E-state index >= 15 is 0 Å². The number of carboxylic acids is 1. The second-order valence-electron chi connectivity index (χ2n) is 6.10. The van der Waals surface area contributed by atoms with E-state index in [4.69, 9.17) is 5.11 Å². The van der Waals surface area contributed by atoms with Crippen LogP contribution in [-0.2, 0) is 14.4 Å². The van der Waals surface area contributed by atoms with Crippen molar-refractivity contribution < 1.29 is 19.5 Å². The summed E-state index contributed by atoms with van der Waals surface area (Å²) >= 11 is 0. The molecule has 2 saturated heterocycles. The van der Waals surface area contributed by atoms with E-state index in [1.165, 1.54) is 6.92 Å². The summed E-state index contributed by atoms with van der Waals surface area (Å²) in [4.78, 5) is 39.9. The molecule has 0 aromatic carbocycles. The molecule has 0 bridgehead atoms. The van der Waals surface area contributed by atoms with Gasteiger partial charge in [-0.15, -0.1) is 0 Å². The van der Waals surface area contributed by atoms with Gasteiger partial charge in [0.25, 0.3) is 5.91 Å². The Morgan fingerprint density at radius 1 is 1.04 bits per heavy atom. The van der Waals surface area contributed by atoms with E-state index < -0.39 is 11.9 Å². The van der Waals surface area contributed by atoms with E-state index in [2.05, 4.69) is 0 Å². The van der Waals surface area contributed by atoms with Crippen LogP contribution in [0.5, 0.6) is 0 Å². The average molecular weight is 334 g/mol. The molecule has 130 valence electrons.